The third-order valence-electron chi connectivity index (χ3n) is 4.37. The summed E-state index contributed by atoms with van der Waals surface area (Å²) >= 11 is 0. The second-order valence-electron chi connectivity index (χ2n) is 5.88. The molecule has 1 aliphatic rings. The molecule has 1 unspecified atom stereocenters. The Morgan fingerprint density at radius 3 is 2.10 bits per heavy atom. The number of carbonyl (C=O) groups excluding carboxylic acids is 1. The molecule has 0 aromatic heterocycles. The molecule has 0 bridgehead atoms. The number of carboxylic acids is 1. The van der Waals surface area contributed by atoms with Gasteiger partial charge in [0, 0.05) is 24.8 Å². The van der Waals surface area contributed by atoms with Crippen molar-refractivity contribution in [1.82, 2.24) is 4.90 Å². The minimum absolute atomic E-state index is 0.0315. The molecule has 1 N–H and O–H groups in total. The predicted octanol–water partition coefficient (Wildman–Crippen LogP) is 1.16. The molecule has 0 radical (unpaired) electrons. The van der Waals surface area contributed by atoms with Crippen LogP contribution in [-0.2, 0) is 19.4 Å². The fraction of sp³-hybridized carbons (Fsp3) is 0.857. The number of sulfone groups is 1. The van der Waals surface area contributed by atoms with Crippen molar-refractivity contribution in [3.8, 4) is 0 Å². The first-order valence-corrected chi connectivity index (χ1v) is 9.20. The van der Waals surface area contributed by atoms with Crippen molar-refractivity contribution in [2.75, 3.05) is 18.6 Å². The molecular formula is C14H25NO5S. The molecule has 6 nitrogen and oxygen atoms in total. The van der Waals surface area contributed by atoms with E-state index in [1.54, 1.807) is 20.9 Å². The highest BCUT2D eigenvalue weighted by atomic mass is 32.2. The smallest absolute Gasteiger partial charge is 0.306 e. The van der Waals surface area contributed by atoms with E-state index in [4.69, 9.17) is 5.11 Å². The summed E-state index contributed by atoms with van der Waals surface area (Å²) in [5.41, 5.74) is 0. The molecule has 1 fully saturated rings. The van der Waals surface area contributed by atoms with Gasteiger partial charge < -0.3 is 10.0 Å². The van der Waals surface area contributed by atoms with Gasteiger partial charge in [0.1, 0.15) is 0 Å². The van der Waals surface area contributed by atoms with Crippen LogP contribution in [0.3, 0.4) is 0 Å². The van der Waals surface area contributed by atoms with Crippen LogP contribution in [0.4, 0.5) is 0 Å². The van der Waals surface area contributed by atoms with Crippen LogP contribution < -0.4 is 0 Å². The fourth-order valence-corrected chi connectivity index (χ4v) is 3.88. The lowest BCUT2D eigenvalue weighted by Gasteiger charge is -2.32. The topological polar surface area (TPSA) is 91.8 Å². The number of hydrogen-bond acceptors (Lipinski definition) is 4. The number of amides is 1. The van der Waals surface area contributed by atoms with Gasteiger partial charge >= 0.3 is 5.97 Å². The van der Waals surface area contributed by atoms with Crippen molar-refractivity contribution in [3.05, 3.63) is 0 Å². The Morgan fingerprint density at radius 2 is 1.67 bits per heavy atom. The lowest BCUT2D eigenvalue weighted by molar-refractivity contribution is -0.145. The maximum atomic E-state index is 12.4. The van der Waals surface area contributed by atoms with Gasteiger partial charge in [-0.25, -0.2) is 8.42 Å². The Kier molecular flexibility index (Phi) is 6.19. The van der Waals surface area contributed by atoms with E-state index in [1.807, 2.05) is 0 Å². The molecule has 0 aliphatic heterocycles. The summed E-state index contributed by atoms with van der Waals surface area (Å²) in [4.78, 5) is 24.8. The second kappa shape index (κ2) is 7.24. The summed E-state index contributed by atoms with van der Waals surface area (Å²) in [7, 11) is -1.49. The molecule has 0 saturated heterocycles. The molecule has 1 atom stereocenters. The first-order valence-electron chi connectivity index (χ1n) is 7.37. The normalized spacial score (nSPS) is 24.3. The van der Waals surface area contributed by atoms with E-state index in [1.165, 1.54) is 4.90 Å². The van der Waals surface area contributed by atoms with Gasteiger partial charge in [0.05, 0.1) is 11.7 Å². The molecule has 122 valence electrons. The van der Waals surface area contributed by atoms with Crippen LogP contribution in [0.2, 0.25) is 0 Å². The first kappa shape index (κ1) is 17.9. The van der Waals surface area contributed by atoms with E-state index in [0.717, 1.165) is 0 Å². The van der Waals surface area contributed by atoms with Crippen LogP contribution in [0.25, 0.3) is 0 Å². The quantitative estimate of drug-likeness (QED) is 0.793. The molecule has 1 aliphatic carbocycles. The van der Waals surface area contributed by atoms with E-state index in [0.29, 0.717) is 25.7 Å². The summed E-state index contributed by atoms with van der Waals surface area (Å²) in [5, 5.41) is 8.95. The molecule has 7 heteroatoms. The Hall–Kier alpha value is -1.11. The van der Waals surface area contributed by atoms with E-state index in [9.17, 15) is 18.0 Å². The maximum absolute atomic E-state index is 12.4. The van der Waals surface area contributed by atoms with Gasteiger partial charge in [0.15, 0.2) is 9.84 Å². The Morgan fingerprint density at radius 1 is 1.19 bits per heavy atom. The number of aliphatic carboxylic acids is 1. The zero-order valence-electron chi connectivity index (χ0n) is 12.9. The number of carboxylic acid groups (broad SMARTS) is 1. The number of hydrogen-bond donors (Lipinski definition) is 1. The van der Waals surface area contributed by atoms with Crippen LogP contribution in [0.1, 0.15) is 39.5 Å². The monoisotopic (exact) mass is 319 g/mol. The highest BCUT2D eigenvalue weighted by molar-refractivity contribution is 7.91. The SMILES string of the molecule is CCS(=O)(=O)CC(C)N(C)C(=O)C1CCC(C(=O)O)CC1. The van der Waals surface area contributed by atoms with Crippen molar-refractivity contribution >= 4 is 21.7 Å². The number of carbonyl (C=O) groups is 2. The van der Waals surface area contributed by atoms with E-state index < -0.39 is 15.8 Å². The minimum atomic E-state index is -3.12. The van der Waals surface area contributed by atoms with Crippen molar-refractivity contribution in [3.63, 3.8) is 0 Å². The van der Waals surface area contributed by atoms with Crippen LogP contribution in [0.5, 0.6) is 0 Å². The fourth-order valence-electron chi connectivity index (χ4n) is 2.69. The minimum Gasteiger partial charge on any atom is -0.481 e. The molecule has 1 amide bonds. The lowest BCUT2D eigenvalue weighted by Crippen LogP contribution is -2.43. The molecule has 1 saturated carbocycles. The molecule has 21 heavy (non-hydrogen) atoms. The predicted molar refractivity (Wildman–Crippen MR) is 79.6 cm³/mol. The molecule has 0 aromatic carbocycles. The number of nitrogens with zero attached hydrogens (tertiary/aromatic N) is 1. The summed E-state index contributed by atoms with van der Waals surface area (Å²) in [6, 6.07) is -0.361. The van der Waals surface area contributed by atoms with Crippen molar-refractivity contribution in [1.29, 1.82) is 0 Å². The van der Waals surface area contributed by atoms with E-state index in [-0.39, 0.29) is 35.3 Å². The molecule has 0 heterocycles. The van der Waals surface area contributed by atoms with E-state index in [2.05, 4.69) is 0 Å². The average molecular weight is 319 g/mol. The van der Waals surface area contributed by atoms with Crippen LogP contribution in [-0.4, -0.2) is 54.9 Å². The van der Waals surface area contributed by atoms with Crippen LogP contribution >= 0.6 is 0 Å². The zero-order valence-corrected chi connectivity index (χ0v) is 13.7. The van der Waals surface area contributed by atoms with Gasteiger partial charge in [0.25, 0.3) is 0 Å². The van der Waals surface area contributed by atoms with Gasteiger partial charge in [-0.2, -0.15) is 0 Å². The Balaban J connectivity index is 2.57. The molecule has 1 rings (SSSR count). The number of rotatable bonds is 6. The van der Waals surface area contributed by atoms with Crippen LogP contribution in [0.15, 0.2) is 0 Å². The second-order valence-corrected chi connectivity index (χ2v) is 8.28. The summed E-state index contributed by atoms with van der Waals surface area (Å²) in [6.07, 6.45) is 2.16. The zero-order chi connectivity index (χ0) is 16.2. The first-order chi connectivity index (χ1) is 9.68. The Bertz CT molecular complexity index is 480. The van der Waals surface area contributed by atoms with Crippen LogP contribution in [0, 0.1) is 11.8 Å². The third-order valence-corrected chi connectivity index (χ3v) is 6.24. The summed E-state index contributed by atoms with van der Waals surface area (Å²) in [5.74, 6) is -1.36. The average Bonchev–Trinajstić information content (AvgIpc) is 2.45. The molecule has 0 aromatic rings. The highest BCUT2D eigenvalue weighted by Crippen LogP contribution is 2.30. The van der Waals surface area contributed by atoms with Gasteiger partial charge in [-0.15, -0.1) is 0 Å². The highest BCUT2D eigenvalue weighted by Gasteiger charge is 2.32. The molecular weight excluding hydrogens is 294 g/mol. The van der Waals surface area contributed by atoms with Crippen molar-refractivity contribution < 1.29 is 23.1 Å². The van der Waals surface area contributed by atoms with Crippen molar-refractivity contribution in [2.24, 2.45) is 11.8 Å². The summed E-state index contributed by atoms with van der Waals surface area (Å²) in [6.45, 7) is 3.32. The summed E-state index contributed by atoms with van der Waals surface area (Å²) < 4.78 is 23.3. The van der Waals surface area contributed by atoms with Gasteiger partial charge in [-0.3, -0.25) is 9.59 Å². The lowest BCUT2D eigenvalue weighted by atomic mass is 9.81. The maximum Gasteiger partial charge on any atom is 0.306 e. The third kappa shape index (κ3) is 4.98. The van der Waals surface area contributed by atoms with E-state index >= 15 is 0 Å². The van der Waals surface area contributed by atoms with Gasteiger partial charge in [-0.1, -0.05) is 6.92 Å². The standard InChI is InChI=1S/C14H25NO5S/c1-4-21(19,20)9-10(2)15(3)13(16)11-5-7-12(8-6-11)14(17)18/h10-12H,4-9H2,1-3H3,(H,17,18). The Labute approximate surface area is 126 Å². The molecule has 0 spiro atoms. The van der Waals surface area contributed by atoms with Gasteiger partial charge in [0.2, 0.25) is 5.91 Å². The largest absolute Gasteiger partial charge is 0.481 e. The van der Waals surface area contributed by atoms with Gasteiger partial charge in [-0.05, 0) is 32.6 Å². The van der Waals surface area contributed by atoms with Crippen molar-refractivity contribution in [2.45, 2.75) is 45.6 Å².